The van der Waals surface area contributed by atoms with Gasteiger partial charge in [0.2, 0.25) is 0 Å². The monoisotopic (exact) mass is 406 g/mol. The van der Waals surface area contributed by atoms with Crippen LogP contribution in [0.4, 0.5) is 15.3 Å². The maximum Gasteiger partial charge on any atom is 0.417 e. The van der Waals surface area contributed by atoms with Gasteiger partial charge in [0.1, 0.15) is 0 Å². The summed E-state index contributed by atoms with van der Waals surface area (Å²) in [4.78, 5) is 35.6. The van der Waals surface area contributed by atoms with Crippen molar-refractivity contribution in [2.45, 2.75) is 13.1 Å². The van der Waals surface area contributed by atoms with Crippen LogP contribution in [0.5, 0.6) is 6.01 Å². The Labute approximate surface area is 173 Å². The largest absolute Gasteiger partial charge is 0.417 e. The number of benzene rings is 2. The first-order chi connectivity index (χ1) is 14.7. The normalized spacial score (nSPS) is 15.9. The highest BCUT2D eigenvalue weighted by Gasteiger charge is 2.23. The summed E-state index contributed by atoms with van der Waals surface area (Å²) in [6.45, 7) is 3.91. The number of amides is 3. The van der Waals surface area contributed by atoms with Crippen molar-refractivity contribution in [1.82, 2.24) is 25.1 Å². The molecule has 1 fully saturated rings. The van der Waals surface area contributed by atoms with Gasteiger partial charge < -0.3 is 30.2 Å². The van der Waals surface area contributed by atoms with E-state index >= 15 is 0 Å². The Morgan fingerprint density at radius 3 is 2.47 bits per heavy atom. The fraction of sp³-hybridized carbons (Fsp3) is 0.286. The van der Waals surface area contributed by atoms with Crippen molar-refractivity contribution in [3.63, 3.8) is 0 Å². The topological polar surface area (TPSA) is 103 Å². The van der Waals surface area contributed by atoms with Gasteiger partial charge in [-0.3, -0.25) is 0 Å². The molecule has 0 saturated carbocycles. The van der Waals surface area contributed by atoms with Crippen LogP contribution in [0, 0.1) is 0 Å². The van der Waals surface area contributed by atoms with Gasteiger partial charge in [-0.05, 0) is 29.3 Å². The molecule has 3 N–H and O–H groups in total. The summed E-state index contributed by atoms with van der Waals surface area (Å²) in [5, 5.41) is 6.12. The summed E-state index contributed by atoms with van der Waals surface area (Å²) in [5.41, 5.74) is 4.33. The number of carbonyl (C=O) groups is 2. The van der Waals surface area contributed by atoms with Gasteiger partial charge in [0, 0.05) is 45.0 Å². The zero-order valence-corrected chi connectivity index (χ0v) is 16.4. The molecule has 1 saturated heterocycles. The second-order valence-electron chi connectivity index (χ2n) is 7.43. The van der Waals surface area contributed by atoms with Crippen LogP contribution in [-0.4, -0.2) is 58.1 Å². The quantitative estimate of drug-likeness (QED) is 0.607. The van der Waals surface area contributed by atoms with E-state index in [4.69, 9.17) is 4.74 Å². The molecular formula is C21H22N6O3. The van der Waals surface area contributed by atoms with E-state index in [1.807, 2.05) is 24.3 Å². The van der Waals surface area contributed by atoms with Gasteiger partial charge in [0.15, 0.2) is 0 Å². The highest BCUT2D eigenvalue weighted by Crippen LogP contribution is 2.24. The molecule has 0 radical (unpaired) electrons. The molecule has 9 heteroatoms. The maximum absolute atomic E-state index is 12.7. The van der Waals surface area contributed by atoms with Crippen LogP contribution in [0.3, 0.4) is 0 Å². The van der Waals surface area contributed by atoms with Crippen LogP contribution >= 0.6 is 0 Å². The molecule has 3 heterocycles. The van der Waals surface area contributed by atoms with E-state index in [2.05, 4.69) is 20.6 Å². The van der Waals surface area contributed by atoms with E-state index in [0.717, 1.165) is 13.1 Å². The zero-order chi connectivity index (χ0) is 20.5. The Hall–Kier alpha value is -3.59. The van der Waals surface area contributed by atoms with E-state index in [1.165, 1.54) is 11.1 Å². The minimum atomic E-state index is -0.419. The summed E-state index contributed by atoms with van der Waals surface area (Å²) >= 11 is 0. The van der Waals surface area contributed by atoms with Gasteiger partial charge in [-0.2, -0.15) is 4.98 Å². The SMILES string of the molecule is O=C(Nc1ccc2nc(OC(=O)N3CCNCC3)[nH]c2c1)N1Cc2ccccc2C1. The molecule has 9 nitrogen and oxygen atoms in total. The average Bonchev–Trinajstić information content (AvgIpc) is 3.37. The number of fused-ring (bicyclic) bond motifs is 2. The smallest absolute Gasteiger partial charge is 0.375 e. The van der Waals surface area contributed by atoms with Crippen molar-refractivity contribution < 1.29 is 14.3 Å². The summed E-state index contributed by atoms with van der Waals surface area (Å²) in [6, 6.07) is 13.4. The van der Waals surface area contributed by atoms with Crippen LogP contribution in [0.2, 0.25) is 0 Å². The molecule has 2 aliphatic heterocycles. The summed E-state index contributed by atoms with van der Waals surface area (Å²) < 4.78 is 5.37. The van der Waals surface area contributed by atoms with Gasteiger partial charge in [0.05, 0.1) is 11.0 Å². The van der Waals surface area contributed by atoms with Crippen LogP contribution < -0.4 is 15.4 Å². The number of ether oxygens (including phenoxy) is 1. The number of carbonyl (C=O) groups excluding carboxylic acids is 2. The predicted molar refractivity (Wildman–Crippen MR) is 111 cm³/mol. The first-order valence-electron chi connectivity index (χ1n) is 9.96. The zero-order valence-electron chi connectivity index (χ0n) is 16.4. The number of hydrogen-bond acceptors (Lipinski definition) is 5. The first-order valence-corrected chi connectivity index (χ1v) is 9.96. The highest BCUT2D eigenvalue weighted by atomic mass is 16.6. The lowest BCUT2D eigenvalue weighted by atomic mass is 10.1. The molecule has 30 heavy (non-hydrogen) atoms. The standard InChI is InChI=1S/C21H22N6O3/c28-20(27-12-14-3-1-2-4-15(14)13-27)23-16-5-6-17-18(11-16)25-19(24-17)30-21(29)26-9-7-22-8-10-26/h1-6,11,22H,7-10,12-13H2,(H,23,28)(H,24,25). The molecular weight excluding hydrogens is 384 g/mol. The number of anilines is 1. The van der Waals surface area contributed by atoms with Gasteiger partial charge >= 0.3 is 18.1 Å². The van der Waals surface area contributed by atoms with Crippen molar-refractivity contribution in [3.05, 3.63) is 53.6 Å². The minimum absolute atomic E-state index is 0.145. The third-order valence-corrected chi connectivity index (χ3v) is 5.40. The number of aromatic amines is 1. The molecule has 2 aliphatic rings. The van der Waals surface area contributed by atoms with Gasteiger partial charge in [-0.25, -0.2) is 9.59 Å². The summed E-state index contributed by atoms with van der Waals surface area (Å²) in [6.07, 6.45) is -0.419. The third kappa shape index (κ3) is 3.67. The maximum atomic E-state index is 12.7. The van der Waals surface area contributed by atoms with Crippen molar-refractivity contribution in [2.24, 2.45) is 0 Å². The van der Waals surface area contributed by atoms with Gasteiger partial charge in [0.25, 0.3) is 0 Å². The second-order valence-corrected chi connectivity index (χ2v) is 7.43. The van der Waals surface area contributed by atoms with Gasteiger partial charge in [-0.1, -0.05) is 24.3 Å². The number of urea groups is 1. The Morgan fingerprint density at radius 1 is 1.00 bits per heavy atom. The van der Waals surface area contributed by atoms with E-state index < -0.39 is 6.09 Å². The predicted octanol–water partition coefficient (Wildman–Crippen LogP) is 2.51. The summed E-state index contributed by atoms with van der Waals surface area (Å²) in [7, 11) is 0. The van der Waals surface area contributed by atoms with E-state index in [1.54, 1.807) is 28.0 Å². The molecule has 5 rings (SSSR count). The van der Waals surface area contributed by atoms with Gasteiger partial charge in [-0.15, -0.1) is 0 Å². The van der Waals surface area contributed by atoms with E-state index in [0.29, 0.717) is 42.9 Å². The minimum Gasteiger partial charge on any atom is -0.375 e. The lowest BCUT2D eigenvalue weighted by Crippen LogP contribution is -2.47. The fourth-order valence-corrected chi connectivity index (χ4v) is 3.79. The molecule has 0 unspecified atom stereocenters. The number of nitrogens with one attached hydrogen (secondary N) is 3. The number of piperazine rings is 1. The molecule has 3 amide bonds. The summed E-state index contributed by atoms with van der Waals surface area (Å²) in [5.74, 6) is 0. The first kappa shape index (κ1) is 18.4. The number of nitrogens with zero attached hydrogens (tertiary/aromatic N) is 3. The molecule has 2 aromatic carbocycles. The molecule has 1 aromatic heterocycles. The Balaban J connectivity index is 1.25. The number of rotatable bonds is 2. The molecule has 0 aliphatic carbocycles. The molecule has 0 atom stereocenters. The van der Waals surface area contributed by atoms with Crippen LogP contribution in [0.25, 0.3) is 11.0 Å². The lowest BCUT2D eigenvalue weighted by Gasteiger charge is -2.25. The molecule has 0 spiro atoms. The average molecular weight is 406 g/mol. The van der Waals surface area contributed by atoms with Crippen LogP contribution in [0.15, 0.2) is 42.5 Å². The van der Waals surface area contributed by atoms with Crippen molar-refractivity contribution >= 4 is 28.8 Å². The van der Waals surface area contributed by atoms with Crippen molar-refractivity contribution in [1.29, 1.82) is 0 Å². The van der Waals surface area contributed by atoms with Crippen LogP contribution in [-0.2, 0) is 13.1 Å². The highest BCUT2D eigenvalue weighted by molar-refractivity contribution is 5.92. The number of imidazole rings is 1. The van der Waals surface area contributed by atoms with Crippen molar-refractivity contribution in [3.8, 4) is 6.01 Å². The Kier molecular flexibility index (Phi) is 4.72. The Morgan fingerprint density at radius 2 is 1.73 bits per heavy atom. The number of aromatic nitrogens is 2. The third-order valence-electron chi connectivity index (χ3n) is 5.40. The van der Waals surface area contributed by atoms with E-state index in [-0.39, 0.29) is 12.0 Å². The second kappa shape index (κ2) is 7.68. The van der Waals surface area contributed by atoms with E-state index in [9.17, 15) is 9.59 Å². The Bertz CT molecular complexity index is 1080. The fourth-order valence-electron chi connectivity index (χ4n) is 3.79. The van der Waals surface area contributed by atoms with Crippen molar-refractivity contribution in [2.75, 3.05) is 31.5 Å². The molecule has 3 aromatic rings. The number of hydrogen-bond donors (Lipinski definition) is 3. The number of H-pyrrole nitrogens is 1. The molecule has 0 bridgehead atoms. The van der Waals surface area contributed by atoms with Crippen LogP contribution in [0.1, 0.15) is 11.1 Å². The molecule has 154 valence electrons. The lowest BCUT2D eigenvalue weighted by molar-refractivity contribution is 0.142.